The molecule has 0 bridgehead atoms. The van der Waals surface area contributed by atoms with Crippen LogP contribution < -0.4 is 0 Å². The van der Waals surface area contributed by atoms with Gasteiger partial charge in [-0.1, -0.05) is 31.5 Å². The van der Waals surface area contributed by atoms with Crippen molar-refractivity contribution >= 4 is 28.6 Å². The van der Waals surface area contributed by atoms with Gasteiger partial charge in [-0.05, 0) is 17.4 Å². The summed E-state index contributed by atoms with van der Waals surface area (Å²) < 4.78 is 1.69. The van der Waals surface area contributed by atoms with Crippen LogP contribution in [-0.4, -0.2) is 14.6 Å². The van der Waals surface area contributed by atoms with Gasteiger partial charge < -0.3 is 0 Å². The molecule has 0 spiro atoms. The fourth-order valence-corrected chi connectivity index (χ4v) is 2.81. The lowest BCUT2D eigenvalue weighted by Gasteiger charge is -2.04. The average Bonchev–Trinajstić information content (AvgIpc) is 2.97. The van der Waals surface area contributed by atoms with E-state index in [9.17, 15) is 0 Å². The number of hydrogen-bond acceptors (Lipinski definition) is 3. The van der Waals surface area contributed by atoms with E-state index >= 15 is 0 Å². The molecule has 92 valence electrons. The van der Waals surface area contributed by atoms with Gasteiger partial charge in [0.25, 0.3) is 0 Å². The molecular weight excluding hydrogens is 266 g/mol. The Labute approximate surface area is 114 Å². The highest BCUT2D eigenvalue weighted by atomic mass is 35.5. The van der Waals surface area contributed by atoms with Crippen molar-refractivity contribution in [3.8, 4) is 10.6 Å². The fourth-order valence-electron chi connectivity index (χ4n) is 1.90. The number of thiophene rings is 1. The Morgan fingerprint density at radius 3 is 2.89 bits per heavy atom. The Kier molecular flexibility index (Phi) is 2.84. The van der Waals surface area contributed by atoms with Gasteiger partial charge in [0.2, 0.25) is 0 Å². The molecule has 3 aromatic rings. The van der Waals surface area contributed by atoms with Crippen LogP contribution in [-0.2, 0) is 0 Å². The first-order chi connectivity index (χ1) is 8.66. The largest absolute Gasteiger partial charge is 0.227 e. The number of halogens is 1. The highest BCUT2D eigenvalue weighted by Gasteiger charge is 2.13. The topological polar surface area (TPSA) is 30.2 Å². The standard InChI is InChI=1S/C13H12ClN3S/c1-8(2)9-7-15-17-12(14)6-10(16-13(9)17)11-4-3-5-18-11/h3-8H,1-2H3. The Balaban J connectivity index is 2.27. The average molecular weight is 278 g/mol. The third kappa shape index (κ3) is 1.82. The van der Waals surface area contributed by atoms with Crippen molar-refractivity contribution in [3.05, 3.63) is 40.5 Å². The van der Waals surface area contributed by atoms with E-state index in [1.807, 2.05) is 29.8 Å². The first kappa shape index (κ1) is 11.7. The lowest BCUT2D eigenvalue weighted by atomic mass is 10.1. The quantitative estimate of drug-likeness (QED) is 0.656. The van der Waals surface area contributed by atoms with Crippen LogP contribution in [0, 0.1) is 0 Å². The second kappa shape index (κ2) is 4.37. The van der Waals surface area contributed by atoms with Gasteiger partial charge in [-0.25, -0.2) is 9.50 Å². The predicted molar refractivity (Wildman–Crippen MR) is 75.4 cm³/mol. The van der Waals surface area contributed by atoms with Crippen LogP contribution in [0.25, 0.3) is 16.2 Å². The van der Waals surface area contributed by atoms with Gasteiger partial charge >= 0.3 is 0 Å². The Bertz CT molecular complexity index is 686. The molecule has 0 unspecified atom stereocenters. The van der Waals surface area contributed by atoms with Crippen LogP contribution in [0.2, 0.25) is 5.15 Å². The zero-order valence-electron chi connectivity index (χ0n) is 10.1. The zero-order chi connectivity index (χ0) is 12.7. The molecule has 0 N–H and O–H groups in total. The first-order valence-corrected chi connectivity index (χ1v) is 7.00. The van der Waals surface area contributed by atoms with Crippen LogP contribution in [0.15, 0.2) is 29.8 Å². The monoisotopic (exact) mass is 277 g/mol. The van der Waals surface area contributed by atoms with Gasteiger partial charge in [0.15, 0.2) is 5.65 Å². The maximum Gasteiger partial charge on any atom is 0.160 e. The molecular formula is C13H12ClN3S. The molecule has 0 amide bonds. The fraction of sp³-hybridized carbons (Fsp3) is 0.231. The molecule has 3 heterocycles. The van der Waals surface area contributed by atoms with E-state index < -0.39 is 0 Å². The Morgan fingerprint density at radius 2 is 2.22 bits per heavy atom. The van der Waals surface area contributed by atoms with Gasteiger partial charge in [-0.15, -0.1) is 11.3 Å². The lowest BCUT2D eigenvalue weighted by Crippen LogP contribution is -1.96. The van der Waals surface area contributed by atoms with Crippen molar-refractivity contribution in [2.75, 3.05) is 0 Å². The molecule has 3 nitrogen and oxygen atoms in total. The molecule has 0 aliphatic heterocycles. The van der Waals surface area contributed by atoms with Crippen molar-refractivity contribution in [2.24, 2.45) is 0 Å². The van der Waals surface area contributed by atoms with Crippen LogP contribution in [0.1, 0.15) is 25.3 Å². The minimum atomic E-state index is 0.379. The van der Waals surface area contributed by atoms with Crippen molar-refractivity contribution in [1.82, 2.24) is 14.6 Å². The summed E-state index contributed by atoms with van der Waals surface area (Å²) in [5.41, 5.74) is 2.88. The summed E-state index contributed by atoms with van der Waals surface area (Å²) in [6.07, 6.45) is 1.84. The van der Waals surface area contributed by atoms with E-state index in [2.05, 4.69) is 23.9 Å². The lowest BCUT2D eigenvalue weighted by molar-refractivity contribution is 0.872. The van der Waals surface area contributed by atoms with Gasteiger partial charge in [-0.2, -0.15) is 5.10 Å². The summed E-state index contributed by atoms with van der Waals surface area (Å²) in [7, 11) is 0. The number of nitrogens with zero attached hydrogens (tertiary/aromatic N) is 3. The summed E-state index contributed by atoms with van der Waals surface area (Å²) in [6, 6.07) is 5.92. The van der Waals surface area contributed by atoms with Gasteiger partial charge in [0.1, 0.15) is 5.15 Å². The summed E-state index contributed by atoms with van der Waals surface area (Å²) in [5, 5.41) is 6.92. The molecule has 0 saturated heterocycles. The molecule has 0 fully saturated rings. The van der Waals surface area contributed by atoms with Crippen molar-refractivity contribution in [1.29, 1.82) is 0 Å². The Morgan fingerprint density at radius 1 is 1.39 bits per heavy atom. The van der Waals surface area contributed by atoms with E-state index in [1.165, 1.54) is 0 Å². The summed E-state index contributed by atoms with van der Waals surface area (Å²) in [6.45, 7) is 4.26. The van der Waals surface area contributed by atoms with E-state index in [0.29, 0.717) is 11.1 Å². The minimum Gasteiger partial charge on any atom is -0.227 e. The van der Waals surface area contributed by atoms with E-state index in [1.54, 1.807) is 15.9 Å². The predicted octanol–water partition coefficient (Wildman–Crippen LogP) is 4.23. The number of aromatic nitrogens is 3. The minimum absolute atomic E-state index is 0.379. The maximum atomic E-state index is 6.26. The number of rotatable bonds is 2. The van der Waals surface area contributed by atoms with Crippen molar-refractivity contribution in [3.63, 3.8) is 0 Å². The third-order valence-electron chi connectivity index (χ3n) is 2.85. The van der Waals surface area contributed by atoms with Crippen LogP contribution in [0.4, 0.5) is 0 Å². The van der Waals surface area contributed by atoms with E-state index in [0.717, 1.165) is 21.8 Å². The van der Waals surface area contributed by atoms with Gasteiger partial charge in [-0.3, -0.25) is 0 Å². The van der Waals surface area contributed by atoms with Gasteiger partial charge in [0, 0.05) is 11.6 Å². The Hall–Kier alpha value is -1.39. The van der Waals surface area contributed by atoms with Gasteiger partial charge in [0.05, 0.1) is 16.8 Å². The second-order valence-electron chi connectivity index (χ2n) is 4.43. The number of fused-ring (bicyclic) bond motifs is 1. The van der Waals surface area contributed by atoms with E-state index in [-0.39, 0.29) is 0 Å². The molecule has 3 aromatic heterocycles. The molecule has 5 heteroatoms. The summed E-state index contributed by atoms with van der Waals surface area (Å²) >= 11 is 7.92. The molecule has 0 radical (unpaired) electrons. The molecule has 0 aromatic carbocycles. The maximum absolute atomic E-state index is 6.26. The smallest absolute Gasteiger partial charge is 0.160 e. The van der Waals surface area contributed by atoms with Crippen LogP contribution in [0.3, 0.4) is 0 Å². The summed E-state index contributed by atoms with van der Waals surface area (Å²) in [5.74, 6) is 0.379. The zero-order valence-corrected chi connectivity index (χ0v) is 11.7. The SMILES string of the molecule is CC(C)c1cnn2c(Cl)cc(-c3cccs3)nc12. The second-order valence-corrected chi connectivity index (χ2v) is 5.77. The molecule has 0 aliphatic carbocycles. The van der Waals surface area contributed by atoms with Crippen molar-refractivity contribution in [2.45, 2.75) is 19.8 Å². The molecule has 0 aliphatic rings. The molecule has 0 saturated carbocycles. The number of hydrogen-bond donors (Lipinski definition) is 0. The molecule has 18 heavy (non-hydrogen) atoms. The summed E-state index contributed by atoms with van der Waals surface area (Å²) in [4.78, 5) is 5.81. The third-order valence-corrected chi connectivity index (χ3v) is 4.01. The molecule has 3 rings (SSSR count). The van der Waals surface area contributed by atoms with Crippen molar-refractivity contribution < 1.29 is 0 Å². The normalized spacial score (nSPS) is 11.6. The first-order valence-electron chi connectivity index (χ1n) is 5.75. The molecule has 0 atom stereocenters. The van der Waals surface area contributed by atoms with E-state index in [4.69, 9.17) is 11.6 Å². The van der Waals surface area contributed by atoms with Crippen LogP contribution in [0.5, 0.6) is 0 Å². The highest BCUT2D eigenvalue weighted by Crippen LogP contribution is 2.28. The highest BCUT2D eigenvalue weighted by molar-refractivity contribution is 7.13. The van der Waals surface area contributed by atoms with Crippen LogP contribution >= 0.6 is 22.9 Å².